The summed E-state index contributed by atoms with van der Waals surface area (Å²) in [5.74, 6) is 0.681. The molecule has 0 spiro atoms. The van der Waals surface area contributed by atoms with Gasteiger partial charge in [0.2, 0.25) is 5.88 Å². The van der Waals surface area contributed by atoms with Crippen LogP contribution in [0.3, 0.4) is 0 Å². The monoisotopic (exact) mass is 230 g/mol. The number of hydrogen-bond acceptors (Lipinski definition) is 3. The van der Waals surface area contributed by atoms with Crippen molar-refractivity contribution < 1.29 is 4.74 Å². The van der Waals surface area contributed by atoms with Crippen molar-refractivity contribution in [1.29, 1.82) is 0 Å². The van der Waals surface area contributed by atoms with Crippen LogP contribution in [0, 0.1) is 6.92 Å². The van der Waals surface area contributed by atoms with E-state index >= 15 is 0 Å². The van der Waals surface area contributed by atoms with Gasteiger partial charge in [-0.25, -0.2) is 4.98 Å². The lowest BCUT2D eigenvalue weighted by molar-refractivity contribution is 0.393. The largest absolute Gasteiger partial charge is 0.481 e. The van der Waals surface area contributed by atoms with Crippen molar-refractivity contribution in [2.75, 3.05) is 7.11 Å². The minimum Gasteiger partial charge on any atom is -0.481 e. The predicted octanol–water partition coefficient (Wildman–Crippen LogP) is 2.44. The molecule has 0 saturated heterocycles. The summed E-state index contributed by atoms with van der Waals surface area (Å²) in [6.07, 6.45) is 0.778. The maximum absolute atomic E-state index is 5.83. The van der Waals surface area contributed by atoms with Gasteiger partial charge in [0.25, 0.3) is 0 Å². The molecule has 1 aromatic carbocycles. The molecule has 0 saturated carbocycles. The van der Waals surface area contributed by atoms with Crippen molar-refractivity contribution >= 4 is 10.9 Å². The number of aromatic nitrogens is 1. The Bertz CT molecular complexity index is 535. The second kappa shape index (κ2) is 4.72. The van der Waals surface area contributed by atoms with Crippen LogP contribution in [0.25, 0.3) is 10.9 Å². The van der Waals surface area contributed by atoms with Gasteiger partial charge in [-0.3, -0.25) is 0 Å². The van der Waals surface area contributed by atoms with Gasteiger partial charge in [-0.2, -0.15) is 0 Å². The van der Waals surface area contributed by atoms with Gasteiger partial charge in [-0.05, 0) is 38.0 Å². The lowest BCUT2D eigenvalue weighted by atomic mass is 10.1. The highest BCUT2D eigenvalue weighted by molar-refractivity contribution is 5.80. The van der Waals surface area contributed by atoms with Crippen molar-refractivity contribution in [3.8, 4) is 5.88 Å². The maximum Gasteiger partial charge on any atom is 0.216 e. The Morgan fingerprint density at radius 2 is 2.12 bits per heavy atom. The van der Waals surface area contributed by atoms with Gasteiger partial charge in [-0.15, -0.1) is 0 Å². The number of aryl methyl sites for hydroxylation is 1. The van der Waals surface area contributed by atoms with Crippen molar-refractivity contribution in [1.82, 2.24) is 4.98 Å². The van der Waals surface area contributed by atoms with Gasteiger partial charge >= 0.3 is 0 Å². The highest BCUT2D eigenvalue weighted by atomic mass is 16.5. The molecule has 0 fully saturated rings. The van der Waals surface area contributed by atoms with Gasteiger partial charge in [0, 0.05) is 17.0 Å². The molecule has 2 N–H and O–H groups in total. The zero-order valence-corrected chi connectivity index (χ0v) is 10.5. The summed E-state index contributed by atoms with van der Waals surface area (Å²) in [5, 5.41) is 1.13. The summed E-state index contributed by atoms with van der Waals surface area (Å²) in [6.45, 7) is 4.04. The van der Waals surface area contributed by atoms with Crippen LogP contribution in [0.2, 0.25) is 0 Å². The Kier molecular flexibility index (Phi) is 3.29. The van der Waals surface area contributed by atoms with Gasteiger partial charge < -0.3 is 10.5 Å². The summed E-state index contributed by atoms with van der Waals surface area (Å²) < 4.78 is 5.33. The third-order valence-corrected chi connectivity index (χ3v) is 2.75. The molecule has 90 valence electrons. The highest BCUT2D eigenvalue weighted by Crippen LogP contribution is 2.23. The topological polar surface area (TPSA) is 48.1 Å². The van der Waals surface area contributed by atoms with Gasteiger partial charge in [0.1, 0.15) is 0 Å². The average molecular weight is 230 g/mol. The number of ether oxygens (including phenoxy) is 1. The minimum atomic E-state index is 0.105. The lowest BCUT2D eigenvalue weighted by Gasteiger charge is -2.11. The van der Waals surface area contributed by atoms with Crippen molar-refractivity contribution in [3.63, 3.8) is 0 Å². The highest BCUT2D eigenvalue weighted by Gasteiger charge is 2.09. The Morgan fingerprint density at radius 1 is 1.35 bits per heavy atom. The molecule has 0 bridgehead atoms. The zero-order valence-electron chi connectivity index (χ0n) is 10.5. The van der Waals surface area contributed by atoms with Gasteiger partial charge in [-0.1, -0.05) is 12.1 Å². The smallest absolute Gasteiger partial charge is 0.216 e. The van der Waals surface area contributed by atoms with Crippen LogP contribution in [-0.4, -0.2) is 18.1 Å². The molecule has 3 nitrogen and oxygen atoms in total. The molecule has 2 aromatic rings. The SMILES string of the molecule is COc1nc2cc(C)ccc2cc1CC(C)N. The third kappa shape index (κ3) is 2.56. The molecule has 2 rings (SSSR count). The number of hydrogen-bond donors (Lipinski definition) is 1. The molecule has 1 heterocycles. The maximum atomic E-state index is 5.83. The van der Waals surface area contributed by atoms with E-state index in [1.54, 1.807) is 7.11 Å². The molecule has 17 heavy (non-hydrogen) atoms. The molecule has 3 heteroatoms. The third-order valence-electron chi connectivity index (χ3n) is 2.75. The van der Waals surface area contributed by atoms with E-state index in [1.165, 1.54) is 5.56 Å². The fourth-order valence-electron chi connectivity index (χ4n) is 1.97. The Morgan fingerprint density at radius 3 is 2.76 bits per heavy atom. The molecule has 0 aliphatic rings. The minimum absolute atomic E-state index is 0.105. The van der Waals surface area contributed by atoms with E-state index in [9.17, 15) is 0 Å². The quantitative estimate of drug-likeness (QED) is 0.881. The van der Waals surface area contributed by atoms with Crippen LogP contribution in [0.15, 0.2) is 24.3 Å². The molecule has 1 atom stereocenters. The first-order valence-electron chi connectivity index (χ1n) is 5.80. The fourth-order valence-corrected chi connectivity index (χ4v) is 1.97. The summed E-state index contributed by atoms with van der Waals surface area (Å²) in [4.78, 5) is 4.53. The van der Waals surface area contributed by atoms with Crippen LogP contribution < -0.4 is 10.5 Å². The van der Waals surface area contributed by atoms with Gasteiger partial charge in [0.05, 0.1) is 12.6 Å². The number of benzene rings is 1. The van der Waals surface area contributed by atoms with Crippen molar-refractivity contribution in [3.05, 3.63) is 35.4 Å². The molecule has 1 unspecified atom stereocenters. The fraction of sp³-hybridized carbons (Fsp3) is 0.357. The molecular weight excluding hydrogens is 212 g/mol. The van der Waals surface area contributed by atoms with E-state index in [1.807, 2.05) is 6.92 Å². The van der Waals surface area contributed by atoms with E-state index in [-0.39, 0.29) is 6.04 Å². The second-order valence-corrected chi connectivity index (χ2v) is 4.53. The lowest BCUT2D eigenvalue weighted by Crippen LogP contribution is -2.18. The molecule has 0 aliphatic heterocycles. The number of pyridine rings is 1. The first kappa shape index (κ1) is 11.9. The number of nitrogens with two attached hydrogens (primary N) is 1. The molecule has 0 amide bonds. The van der Waals surface area contributed by atoms with Crippen LogP contribution in [0.1, 0.15) is 18.1 Å². The van der Waals surface area contributed by atoms with E-state index in [4.69, 9.17) is 10.5 Å². The normalized spacial score (nSPS) is 12.7. The molecule has 0 radical (unpaired) electrons. The average Bonchev–Trinajstić information content (AvgIpc) is 2.28. The standard InChI is InChI=1S/C14H18N2O/c1-9-4-5-11-8-12(7-10(2)15)14(17-3)16-13(11)6-9/h4-6,8,10H,7,15H2,1-3H3. The van der Waals surface area contributed by atoms with Crippen LogP contribution in [0.5, 0.6) is 5.88 Å². The Hall–Kier alpha value is -1.61. The van der Waals surface area contributed by atoms with Crippen LogP contribution in [0.4, 0.5) is 0 Å². The Labute approximate surface area is 102 Å². The Balaban J connectivity index is 2.56. The van der Waals surface area contributed by atoms with Crippen molar-refractivity contribution in [2.24, 2.45) is 5.73 Å². The van der Waals surface area contributed by atoms with Gasteiger partial charge in [0.15, 0.2) is 0 Å². The molecule has 1 aromatic heterocycles. The zero-order chi connectivity index (χ0) is 12.4. The number of methoxy groups -OCH3 is 1. The number of rotatable bonds is 3. The van der Waals surface area contributed by atoms with Crippen LogP contribution >= 0.6 is 0 Å². The van der Waals surface area contributed by atoms with E-state index in [0.717, 1.165) is 22.9 Å². The first-order chi connectivity index (χ1) is 8.10. The van der Waals surface area contributed by atoms with E-state index in [2.05, 4.69) is 36.2 Å². The first-order valence-corrected chi connectivity index (χ1v) is 5.80. The second-order valence-electron chi connectivity index (χ2n) is 4.53. The summed E-state index contributed by atoms with van der Waals surface area (Å²) in [5.41, 5.74) is 9.07. The van der Waals surface area contributed by atoms with E-state index in [0.29, 0.717) is 5.88 Å². The van der Waals surface area contributed by atoms with Crippen LogP contribution in [-0.2, 0) is 6.42 Å². The molecular formula is C14H18N2O. The number of fused-ring (bicyclic) bond motifs is 1. The predicted molar refractivity (Wildman–Crippen MR) is 70.4 cm³/mol. The summed E-state index contributed by atoms with van der Waals surface area (Å²) in [7, 11) is 1.65. The summed E-state index contributed by atoms with van der Waals surface area (Å²) >= 11 is 0. The number of nitrogens with zero attached hydrogens (tertiary/aromatic N) is 1. The van der Waals surface area contributed by atoms with E-state index < -0.39 is 0 Å². The van der Waals surface area contributed by atoms with Crippen molar-refractivity contribution in [2.45, 2.75) is 26.3 Å². The summed E-state index contributed by atoms with van der Waals surface area (Å²) in [6, 6.07) is 8.46. The molecule has 0 aliphatic carbocycles.